The Balaban J connectivity index is 2.68. The van der Waals surface area contributed by atoms with Gasteiger partial charge in [0.2, 0.25) is 0 Å². The number of hydrogen-bond donors (Lipinski definition) is 3. The van der Waals surface area contributed by atoms with Crippen LogP contribution in [-0.2, 0) is 4.79 Å². The van der Waals surface area contributed by atoms with Crippen molar-refractivity contribution < 1.29 is 15.0 Å². The van der Waals surface area contributed by atoms with Crippen molar-refractivity contribution in [3.8, 4) is 0 Å². The summed E-state index contributed by atoms with van der Waals surface area (Å²) in [6.45, 7) is 3.90. The SMILES string of the molecule is CCCC(NC(CC)C(O)c1cccs1)C(=O)O. The highest BCUT2D eigenvalue weighted by atomic mass is 32.1. The van der Waals surface area contributed by atoms with E-state index < -0.39 is 18.1 Å². The number of aliphatic carboxylic acids is 1. The number of carboxylic acids is 1. The van der Waals surface area contributed by atoms with Gasteiger partial charge in [-0.1, -0.05) is 26.3 Å². The number of rotatable bonds is 8. The molecule has 0 amide bonds. The highest BCUT2D eigenvalue weighted by molar-refractivity contribution is 7.10. The van der Waals surface area contributed by atoms with Crippen molar-refractivity contribution in [2.75, 3.05) is 0 Å². The van der Waals surface area contributed by atoms with Gasteiger partial charge in [-0.3, -0.25) is 10.1 Å². The van der Waals surface area contributed by atoms with Crippen LogP contribution in [0.4, 0.5) is 0 Å². The first-order chi connectivity index (χ1) is 8.60. The average molecular weight is 271 g/mol. The van der Waals surface area contributed by atoms with Crippen LogP contribution in [0.25, 0.3) is 0 Å². The first-order valence-electron chi connectivity index (χ1n) is 6.30. The molecule has 0 spiro atoms. The Bertz CT molecular complexity index is 353. The van der Waals surface area contributed by atoms with E-state index in [-0.39, 0.29) is 6.04 Å². The minimum atomic E-state index is -0.853. The predicted molar refractivity (Wildman–Crippen MR) is 72.8 cm³/mol. The minimum absolute atomic E-state index is 0.226. The second-order valence-electron chi connectivity index (χ2n) is 4.32. The van der Waals surface area contributed by atoms with Crippen molar-refractivity contribution in [2.45, 2.75) is 51.3 Å². The third-order valence-electron chi connectivity index (χ3n) is 2.95. The molecule has 5 heteroatoms. The lowest BCUT2D eigenvalue weighted by Crippen LogP contribution is -2.45. The molecule has 3 N–H and O–H groups in total. The Hall–Kier alpha value is -0.910. The number of carboxylic acid groups (broad SMARTS) is 1. The summed E-state index contributed by atoms with van der Waals surface area (Å²) in [5, 5.41) is 24.3. The fraction of sp³-hybridized carbons (Fsp3) is 0.615. The molecule has 18 heavy (non-hydrogen) atoms. The molecule has 3 atom stereocenters. The van der Waals surface area contributed by atoms with Gasteiger partial charge >= 0.3 is 5.97 Å². The van der Waals surface area contributed by atoms with Crippen LogP contribution in [0.5, 0.6) is 0 Å². The van der Waals surface area contributed by atoms with Crippen LogP contribution < -0.4 is 5.32 Å². The molecular formula is C13H21NO3S. The van der Waals surface area contributed by atoms with E-state index in [1.165, 1.54) is 11.3 Å². The lowest BCUT2D eigenvalue weighted by Gasteiger charge is -2.25. The van der Waals surface area contributed by atoms with E-state index in [1.807, 2.05) is 31.4 Å². The van der Waals surface area contributed by atoms with Crippen LogP contribution in [0.3, 0.4) is 0 Å². The van der Waals surface area contributed by atoms with Gasteiger partial charge in [0, 0.05) is 10.9 Å². The standard InChI is InChI=1S/C13H21NO3S/c1-3-6-10(13(16)17)14-9(4-2)12(15)11-7-5-8-18-11/h5,7-10,12,14-15H,3-4,6H2,1-2H3,(H,16,17). The Morgan fingerprint density at radius 2 is 2.22 bits per heavy atom. The van der Waals surface area contributed by atoms with E-state index >= 15 is 0 Å². The molecule has 1 aromatic heterocycles. The molecule has 0 aliphatic heterocycles. The first-order valence-corrected chi connectivity index (χ1v) is 7.18. The summed E-state index contributed by atoms with van der Waals surface area (Å²) in [5.74, 6) is -0.853. The second-order valence-corrected chi connectivity index (χ2v) is 5.30. The summed E-state index contributed by atoms with van der Waals surface area (Å²) in [7, 11) is 0. The smallest absolute Gasteiger partial charge is 0.320 e. The number of aliphatic hydroxyl groups excluding tert-OH is 1. The zero-order valence-corrected chi connectivity index (χ0v) is 11.6. The van der Waals surface area contributed by atoms with Crippen molar-refractivity contribution in [2.24, 2.45) is 0 Å². The number of thiophene rings is 1. The normalized spacial score (nSPS) is 16.2. The second kappa shape index (κ2) is 7.51. The van der Waals surface area contributed by atoms with Crippen molar-refractivity contribution in [1.29, 1.82) is 0 Å². The van der Waals surface area contributed by atoms with Gasteiger partial charge in [-0.15, -0.1) is 11.3 Å². The van der Waals surface area contributed by atoms with E-state index in [0.717, 1.165) is 11.3 Å². The van der Waals surface area contributed by atoms with E-state index in [9.17, 15) is 9.90 Å². The zero-order chi connectivity index (χ0) is 13.5. The molecule has 1 aromatic rings. The molecule has 102 valence electrons. The van der Waals surface area contributed by atoms with Gasteiger partial charge in [0.1, 0.15) is 12.1 Å². The molecule has 0 saturated heterocycles. The number of carbonyl (C=O) groups is 1. The van der Waals surface area contributed by atoms with E-state index in [2.05, 4.69) is 5.32 Å². The molecule has 0 radical (unpaired) electrons. The minimum Gasteiger partial charge on any atom is -0.480 e. The van der Waals surface area contributed by atoms with Crippen LogP contribution in [-0.4, -0.2) is 28.3 Å². The summed E-state index contributed by atoms with van der Waals surface area (Å²) in [6, 6.07) is 2.94. The quantitative estimate of drug-likeness (QED) is 0.679. The summed E-state index contributed by atoms with van der Waals surface area (Å²) in [4.78, 5) is 12.0. The molecule has 4 nitrogen and oxygen atoms in total. The van der Waals surface area contributed by atoms with Crippen molar-refractivity contribution in [3.63, 3.8) is 0 Å². The van der Waals surface area contributed by atoms with Crippen LogP contribution in [0.1, 0.15) is 44.1 Å². The van der Waals surface area contributed by atoms with Gasteiger partial charge in [-0.25, -0.2) is 0 Å². The zero-order valence-electron chi connectivity index (χ0n) is 10.8. The highest BCUT2D eigenvalue weighted by Gasteiger charge is 2.25. The van der Waals surface area contributed by atoms with Crippen molar-refractivity contribution in [3.05, 3.63) is 22.4 Å². The molecular weight excluding hydrogens is 250 g/mol. The Labute approximate surface area is 112 Å². The van der Waals surface area contributed by atoms with Crippen LogP contribution in [0.2, 0.25) is 0 Å². The number of nitrogens with one attached hydrogen (secondary N) is 1. The molecule has 0 aromatic carbocycles. The van der Waals surface area contributed by atoms with Crippen LogP contribution in [0.15, 0.2) is 17.5 Å². The largest absolute Gasteiger partial charge is 0.480 e. The van der Waals surface area contributed by atoms with Gasteiger partial charge in [0.15, 0.2) is 0 Å². The maximum atomic E-state index is 11.1. The molecule has 0 aliphatic rings. The van der Waals surface area contributed by atoms with Crippen molar-refractivity contribution >= 4 is 17.3 Å². The van der Waals surface area contributed by atoms with Crippen molar-refractivity contribution in [1.82, 2.24) is 5.32 Å². The molecule has 0 fully saturated rings. The molecule has 0 bridgehead atoms. The van der Waals surface area contributed by atoms with Gasteiger partial charge in [0.25, 0.3) is 0 Å². The van der Waals surface area contributed by atoms with Crippen LogP contribution >= 0.6 is 11.3 Å². The van der Waals surface area contributed by atoms with E-state index in [1.54, 1.807) is 0 Å². The third kappa shape index (κ3) is 4.08. The van der Waals surface area contributed by atoms with Gasteiger partial charge in [-0.05, 0) is 24.3 Å². The highest BCUT2D eigenvalue weighted by Crippen LogP contribution is 2.24. The summed E-state index contributed by atoms with van der Waals surface area (Å²) in [5.41, 5.74) is 0. The van der Waals surface area contributed by atoms with Gasteiger partial charge in [-0.2, -0.15) is 0 Å². The lowest BCUT2D eigenvalue weighted by atomic mass is 10.0. The molecule has 1 heterocycles. The summed E-state index contributed by atoms with van der Waals surface area (Å²) >= 11 is 1.49. The first kappa shape index (κ1) is 15.1. The average Bonchev–Trinajstić information content (AvgIpc) is 2.87. The van der Waals surface area contributed by atoms with Gasteiger partial charge in [0.05, 0.1) is 0 Å². The molecule has 0 saturated carbocycles. The summed E-state index contributed by atoms with van der Waals surface area (Å²) in [6.07, 6.45) is 1.42. The molecule has 3 unspecified atom stereocenters. The number of hydrogen-bond acceptors (Lipinski definition) is 4. The lowest BCUT2D eigenvalue weighted by molar-refractivity contribution is -0.140. The fourth-order valence-electron chi connectivity index (χ4n) is 1.92. The topological polar surface area (TPSA) is 69.6 Å². The maximum Gasteiger partial charge on any atom is 0.320 e. The maximum absolute atomic E-state index is 11.1. The fourth-order valence-corrected chi connectivity index (χ4v) is 2.69. The van der Waals surface area contributed by atoms with Crippen LogP contribution in [0, 0.1) is 0 Å². The van der Waals surface area contributed by atoms with E-state index in [0.29, 0.717) is 12.8 Å². The molecule has 1 rings (SSSR count). The van der Waals surface area contributed by atoms with E-state index in [4.69, 9.17) is 5.11 Å². The third-order valence-corrected chi connectivity index (χ3v) is 3.89. The monoisotopic (exact) mass is 271 g/mol. The number of aliphatic hydroxyl groups is 1. The van der Waals surface area contributed by atoms with Gasteiger partial charge < -0.3 is 10.2 Å². The Morgan fingerprint density at radius 1 is 1.50 bits per heavy atom. The molecule has 0 aliphatic carbocycles. The summed E-state index contributed by atoms with van der Waals surface area (Å²) < 4.78 is 0. The Kier molecular flexibility index (Phi) is 6.32. The predicted octanol–water partition coefficient (Wildman–Crippen LogP) is 2.40. The Morgan fingerprint density at radius 3 is 2.67 bits per heavy atom.